The number of benzene rings is 1. The molecule has 1 aromatic carbocycles. The molecule has 1 fully saturated rings. The molecule has 2 aromatic heterocycles. The second kappa shape index (κ2) is 6.27. The standard InChI is InChI=1S/C20H19F3N4O/c1-11-6-15(22)18-26-16-8-14(21)13(7-17(16)27(11)18)12-9-24-19(25-10-12)20(23)2-4-28-5-3-20/h7-11,15H,2-6H2,1H3/t11-,15?/m0/s1. The van der Waals surface area contributed by atoms with E-state index in [-0.39, 0.29) is 30.3 Å². The molecule has 0 amide bonds. The largest absolute Gasteiger partial charge is 0.381 e. The molecule has 146 valence electrons. The molecule has 2 aliphatic rings. The first-order chi connectivity index (χ1) is 13.5. The smallest absolute Gasteiger partial charge is 0.174 e. The van der Waals surface area contributed by atoms with Gasteiger partial charge in [0.15, 0.2) is 17.7 Å². The molecule has 2 atom stereocenters. The molecule has 0 N–H and O–H groups in total. The van der Waals surface area contributed by atoms with Crippen LogP contribution in [0.1, 0.15) is 50.0 Å². The average molecular weight is 388 g/mol. The molecule has 0 spiro atoms. The molecular formula is C20H19F3N4O. The monoisotopic (exact) mass is 388 g/mol. The second-order valence-electron chi connectivity index (χ2n) is 7.59. The second-order valence-corrected chi connectivity index (χ2v) is 7.59. The van der Waals surface area contributed by atoms with Gasteiger partial charge in [0, 0.05) is 54.9 Å². The summed E-state index contributed by atoms with van der Waals surface area (Å²) >= 11 is 0. The number of aromatic nitrogens is 4. The van der Waals surface area contributed by atoms with Gasteiger partial charge in [-0.05, 0) is 13.0 Å². The van der Waals surface area contributed by atoms with E-state index in [1.54, 1.807) is 6.07 Å². The SMILES string of the molecule is C[C@H]1CC(F)c2nc3cc(F)c(-c4cnc(C5(F)CCOCC5)nc4)cc3n21. The van der Waals surface area contributed by atoms with Gasteiger partial charge in [-0.25, -0.2) is 28.1 Å². The number of ether oxygens (including phenoxy) is 1. The van der Waals surface area contributed by atoms with Crippen LogP contribution in [0.4, 0.5) is 13.2 Å². The van der Waals surface area contributed by atoms with Crippen molar-refractivity contribution in [1.82, 2.24) is 19.5 Å². The highest BCUT2D eigenvalue weighted by atomic mass is 19.1. The van der Waals surface area contributed by atoms with E-state index in [0.29, 0.717) is 42.1 Å². The van der Waals surface area contributed by atoms with Crippen LogP contribution >= 0.6 is 0 Å². The zero-order chi connectivity index (χ0) is 19.5. The summed E-state index contributed by atoms with van der Waals surface area (Å²) in [6.07, 6.45) is 2.51. The summed E-state index contributed by atoms with van der Waals surface area (Å²) in [6, 6.07) is 2.90. The number of halogens is 3. The van der Waals surface area contributed by atoms with E-state index in [2.05, 4.69) is 15.0 Å². The molecule has 4 heterocycles. The van der Waals surface area contributed by atoms with Gasteiger partial charge in [-0.15, -0.1) is 0 Å². The molecular weight excluding hydrogens is 369 g/mol. The Morgan fingerprint density at radius 2 is 1.89 bits per heavy atom. The third-order valence-electron chi connectivity index (χ3n) is 5.72. The minimum Gasteiger partial charge on any atom is -0.381 e. The van der Waals surface area contributed by atoms with Crippen LogP contribution in [0.3, 0.4) is 0 Å². The summed E-state index contributed by atoms with van der Waals surface area (Å²) in [5.74, 6) is -0.0607. The van der Waals surface area contributed by atoms with Crippen molar-refractivity contribution in [2.24, 2.45) is 0 Å². The fraction of sp³-hybridized carbons (Fsp3) is 0.450. The lowest BCUT2D eigenvalue weighted by Gasteiger charge is -2.27. The molecule has 1 unspecified atom stereocenters. The van der Waals surface area contributed by atoms with E-state index in [1.165, 1.54) is 18.5 Å². The molecule has 0 saturated carbocycles. The van der Waals surface area contributed by atoms with Crippen molar-refractivity contribution in [3.63, 3.8) is 0 Å². The third-order valence-corrected chi connectivity index (χ3v) is 5.72. The van der Waals surface area contributed by atoms with Crippen molar-refractivity contribution in [2.75, 3.05) is 13.2 Å². The Hall–Kier alpha value is -2.48. The molecule has 8 heteroatoms. The minimum absolute atomic E-state index is 0.0492. The number of imidazole rings is 1. The third kappa shape index (κ3) is 2.62. The van der Waals surface area contributed by atoms with E-state index >= 15 is 0 Å². The first-order valence-corrected chi connectivity index (χ1v) is 9.41. The molecule has 5 nitrogen and oxygen atoms in total. The fourth-order valence-electron chi connectivity index (χ4n) is 4.17. The summed E-state index contributed by atoms with van der Waals surface area (Å²) in [7, 11) is 0. The summed E-state index contributed by atoms with van der Waals surface area (Å²) in [5, 5.41) is 0. The van der Waals surface area contributed by atoms with Crippen molar-refractivity contribution in [3.8, 4) is 11.1 Å². The van der Waals surface area contributed by atoms with Gasteiger partial charge in [0.2, 0.25) is 0 Å². The molecule has 2 aliphatic heterocycles. The maximum absolute atomic E-state index is 15.0. The highest BCUT2D eigenvalue weighted by molar-refractivity contribution is 5.83. The Kier molecular flexibility index (Phi) is 3.94. The van der Waals surface area contributed by atoms with Crippen LogP contribution in [0, 0.1) is 5.82 Å². The highest BCUT2D eigenvalue weighted by Crippen LogP contribution is 2.41. The normalized spacial score (nSPS) is 23.9. The Bertz CT molecular complexity index is 1040. The average Bonchev–Trinajstić information content (AvgIpc) is 3.19. The Labute approximate surface area is 159 Å². The van der Waals surface area contributed by atoms with Gasteiger partial charge in [-0.3, -0.25) is 0 Å². The predicted octanol–water partition coefficient (Wildman–Crippen LogP) is 4.58. The fourth-order valence-corrected chi connectivity index (χ4v) is 4.17. The van der Waals surface area contributed by atoms with E-state index < -0.39 is 17.7 Å². The quantitative estimate of drug-likeness (QED) is 0.645. The van der Waals surface area contributed by atoms with Gasteiger partial charge in [-0.1, -0.05) is 0 Å². The number of hydrogen-bond donors (Lipinski definition) is 0. The van der Waals surface area contributed by atoms with Gasteiger partial charge in [0.25, 0.3) is 0 Å². The van der Waals surface area contributed by atoms with Crippen molar-refractivity contribution in [3.05, 3.63) is 42.0 Å². The highest BCUT2D eigenvalue weighted by Gasteiger charge is 2.37. The van der Waals surface area contributed by atoms with Crippen molar-refractivity contribution in [2.45, 2.75) is 44.1 Å². The number of nitrogens with zero attached hydrogens (tertiary/aromatic N) is 4. The number of rotatable bonds is 2. The zero-order valence-corrected chi connectivity index (χ0v) is 15.3. The number of hydrogen-bond acceptors (Lipinski definition) is 4. The van der Waals surface area contributed by atoms with Crippen LogP contribution in [-0.2, 0) is 10.4 Å². The van der Waals surface area contributed by atoms with E-state index in [0.717, 1.165) is 0 Å². The maximum Gasteiger partial charge on any atom is 0.174 e. The van der Waals surface area contributed by atoms with E-state index in [9.17, 15) is 13.2 Å². The number of fused-ring (bicyclic) bond motifs is 3. The van der Waals surface area contributed by atoms with Crippen LogP contribution < -0.4 is 0 Å². The summed E-state index contributed by atoms with van der Waals surface area (Å²) < 4.78 is 50.9. The van der Waals surface area contributed by atoms with Crippen molar-refractivity contribution >= 4 is 11.0 Å². The topological polar surface area (TPSA) is 52.8 Å². The van der Waals surface area contributed by atoms with Crippen molar-refractivity contribution in [1.29, 1.82) is 0 Å². The molecule has 1 saturated heterocycles. The van der Waals surface area contributed by atoms with Crippen LogP contribution in [-0.4, -0.2) is 32.7 Å². The predicted molar refractivity (Wildman–Crippen MR) is 96.7 cm³/mol. The molecule has 0 aliphatic carbocycles. The van der Waals surface area contributed by atoms with Crippen LogP contribution in [0.15, 0.2) is 24.5 Å². The molecule has 5 rings (SSSR count). The zero-order valence-electron chi connectivity index (χ0n) is 15.3. The summed E-state index contributed by atoms with van der Waals surface area (Å²) in [4.78, 5) is 12.6. The van der Waals surface area contributed by atoms with E-state index in [1.807, 2.05) is 11.5 Å². The summed E-state index contributed by atoms with van der Waals surface area (Å²) in [5.41, 5.74) is 0.215. The van der Waals surface area contributed by atoms with Gasteiger partial charge >= 0.3 is 0 Å². The van der Waals surface area contributed by atoms with Crippen molar-refractivity contribution < 1.29 is 17.9 Å². The molecule has 28 heavy (non-hydrogen) atoms. The molecule has 3 aromatic rings. The van der Waals surface area contributed by atoms with Crippen LogP contribution in [0.5, 0.6) is 0 Å². The maximum atomic E-state index is 15.0. The van der Waals surface area contributed by atoms with Gasteiger partial charge < -0.3 is 9.30 Å². The Morgan fingerprint density at radius 1 is 1.18 bits per heavy atom. The Balaban J connectivity index is 1.56. The molecule has 0 radical (unpaired) electrons. The van der Waals surface area contributed by atoms with E-state index in [4.69, 9.17) is 4.74 Å². The van der Waals surface area contributed by atoms with Crippen LogP contribution in [0.25, 0.3) is 22.2 Å². The summed E-state index contributed by atoms with van der Waals surface area (Å²) in [6.45, 7) is 2.57. The number of alkyl halides is 2. The van der Waals surface area contributed by atoms with Crippen LogP contribution in [0.2, 0.25) is 0 Å². The van der Waals surface area contributed by atoms with Gasteiger partial charge in [0.05, 0.1) is 24.2 Å². The first-order valence-electron chi connectivity index (χ1n) is 9.41. The Morgan fingerprint density at radius 3 is 2.61 bits per heavy atom. The lowest BCUT2D eigenvalue weighted by Crippen LogP contribution is -2.31. The minimum atomic E-state index is -1.61. The lowest BCUT2D eigenvalue weighted by molar-refractivity contribution is -0.0164. The molecule has 0 bridgehead atoms. The van der Waals surface area contributed by atoms with Gasteiger partial charge in [0.1, 0.15) is 11.6 Å². The first kappa shape index (κ1) is 17.6. The lowest BCUT2D eigenvalue weighted by atomic mass is 9.95. The van der Waals surface area contributed by atoms with Gasteiger partial charge in [-0.2, -0.15) is 0 Å².